The minimum absolute atomic E-state index is 0.147. The summed E-state index contributed by atoms with van der Waals surface area (Å²) >= 11 is 0. The number of rotatable bonds is 4. The second kappa shape index (κ2) is 3.66. The molecular formula is C5H12FNO5S. The summed E-state index contributed by atoms with van der Waals surface area (Å²) in [7, 11) is -4.89. The highest BCUT2D eigenvalue weighted by atomic mass is 32.3. The molecule has 0 aliphatic rings. The van der Waals surface area contributed by atoms with Crippen molar-refractivity contribution in [2.24, 2.45) is 0 Å². The number of nitrogens with one attached hydrogen (secondary N) is 1. The van der Waals surface area contributed by atoms with E-state index in [1.165, 1.54) is 11.6 Å². The van der Waals surface area contributed by atoms with Crippen molar-refractivity contribution < 1.29 is 27.2 Å². The number of esters is 1. The van der Waals surface area contributed by atoms with Gasteiger partial charge in [-0.25, -0.2) is 18.1 Å². The van der Waals surface area contributed by atoms with E-state index in [-0.39, 0.29) is 6.61 Å². The van der Waals surface area contributed by atoms with Crippen LogP contribution in [0.25, 0.3) is 0 Å². The summed E-state index contributed by atoms with van der Waals surface area (Å²) in [5.41, 5.74) is -3.01. The zero-order chi connectivity index (χ0) is 10.7. The summed E-state index contributed by atoms with van der Waals surface area (Å²) in [6, 6.07) is 0. The van der Waals surface area contributed by atoms with Crippen molar-refractivity contribution in [1.29, 1.82) is 0 Å². The van der Waals surface area contributed by atoms with Gasteiger partial charge in [0.15, 0.2) is 9.81 Å². The molecule has 0 aliphatic carbocycles. The van der Waals surface area contributed by atoms with Gasteiger partial charge in [0, 0.05) is 0 Å². The Hall–Kier alpha value is -0.570. The van der Waals surface area contributed by atoms with Crippen LogP contribution in [-0.2, 0) is 19.3 Å². The Bertz CT molecular complexity index is 262. The van der Waals surface area contributed by atoms with Crippen LogP contribution in [0.2, 0.25) is 0 Å². The average Bonchev–Trinajstić information content (AvgIpc) is 2.03. The minimum Gasteiger partial charge on any atom is -0.463 e. The summed E-state index contributed by atoms with van der Waals surface area (Å²) in [5.74, 6) is -1.58. The number of alkyl halides is 1. The lowest BCUT2D eigenvalue weighted by molar-refractivity contribution is -0.146. The predicted octanol–water partition coefficient (Wildman–Crippen LogP) is -0.254. The molecule has 80 valence electrons. The maximum atomic E-state index is 12.8. The molecule has 6 nitrogen and oxygen atoms in total. The molecule has 0 bridgehead atoms. The van der Waals surface area contributed by atoms with E-state index in [9.17, 15) is 13.4 Å². The molecule has 8 heteroatoms. The monoisotopic (exact) mass is 217 g/mol. The van der Waals surface area contributed by atoms with Crippen molar-refractivity contribution >= 4 is 15.8 Å². The van der Waals surface area contributed by atoms with Crippen molar-refractivity contribution in [2.75, 3.05) is 13.7 Å². The van der Waals surface area contributed by atoms with E-state index in [2.05, 4.69) is 4.74 Å². The van der Waals surface area contributed by atoms with Crippen LogP contribution in [0.1, 0.15) is 6.92 Å². The van der Waals surface area contributed by atoms with E-state index in [0.717, 1.165) is 7.05 Å². The van der Waals surface area contributed by atoms with Gasteiger partial charge in [-0.15, -0.1) is 0 Å². The molecule has 0 aromatic heterocycles. The minimum atomic E-state index is -5.74. The van der Waals surface area contributed by atoms with Crippen LogP contribution in [0.5, 0.6) is 0 Å². The topological polar surface area (TPSA) is 95.9 Å². The van der Waals surface area contributed by atoms with E-state index in [1.807, 2.05) is 0 Å². The summed E-state index contributed by atoms with van der Waals surface area (Å²) in [4.78, 5) is 10.6. The molecule has 0 saturated carbocycles. The van der Waals surface area contributed by atoms with Gasteiger partial charge in [-0.05, 0) is 14.0 Å². The fourth-order valence-corrected chi connectivity index (χ4v) is 1.11. The van der Waals surface area contributed by atoms with Gasteiger partial charge in [-0.1, -0.05) is 0 Å². The number of ether oxygens (including phenoxy) is 1. The lowest BCUT2D eigenvalue weighted by atomic mass is 10.7. The highest BCUT2D eigenvalue weighted by Gasteiger charge is 2.45. The molecule has 0 heterocycles. The number of hydrogen-bond acceptors (Lipinski definition) is 3. The molecule has 0 aromatic rings. The molecule has 0 spiro atoms. The van der Waals surface area contributed by atoms with Crippen molar-refractivity contribution in [1.82, 2.24) is 4.72 Å². The quantitative estimate of drug-likeness (QED) is 0.564. The van der Waals surface area contributed by atoms with Gasteiger partial charge in [-0.3, -0.25) is 9.11 Å². The van der Waals surface area contributed by atoms with Gasteiger partial charge in [0.25, 0.3) is 0 Å². The van der Waals surface area contributed by atoms with Crippen molar-refractivity contribution in [3.05, 3.63) is 0 Å². The first-order chi connectivity index (χ1) is 5.73. The standard InChI is InChI=1S/C5H12FNO5S/c1-3-12-5(8)4(6)13(9,10,11)7-2/h4H,3H2,1-2H3,(H3,7,9,10,11). The van der Waals surface area contributed by atoms with Crippen molar-refractivity contribution in [2.45, 2.75) is 12.4 Å². The Morgan fingerprint density at radius 1 is 1.69 bits per heavy atom. The zero-order valence-corrected chi connectivity index (χ0v) is 8.01. The van der Waals surface area contributed by atoms with E-state index in [0.29, 0.717) is 0 Å². The number of halogens is 1. The van der Waals surface area contributed by atoms with Gasteiger partial charge in [-0.2, -0.15) is 0 Å². The number of carbonyl (C=O) groups excluding carboxylic acids is 1. The third-order valence-electron chi connectivity index (χ3n) is 1.23. The summed E-state index contributed by atoms with van der Waals surface area (Å²) in [6.07, 6.45) is 0. The Morgan fingerprint density at radius 3 is 2.46 bits per heavy atom. The Labute approximate surface area is 74.6 Å². The molecule has 0 radical (unpaired) electrons. The van der Waals surface area contributed by atoms with Crippen LogP contribution in [0, 0.1) is 0 Å². The highest BCUT2D eigenvalue weighted by Crippen LogP contribution is 2.20. The average molecular weight is 217 g/mol. The normalized spacial score (nSPS) is 17.2. The molecule has 13 heavy (non-hydrogen) atoms. The second-order valence-corrected chi connectivity index (χ2v) is 4.86. The van der Waals surface area contributed by atoms with Gasteiger partial charge in [0.05, 0.1) is 6.61 Å². The molecule has 1 unspecified atom stereocenters. The first-order valence-corrected chi connectivity index (χ1v) is 5.33. The molecule has 1 atom stereocenters. The Balaban J connectivity index is 4.69. The first kappa shape index (κ1) is 12.4. The van der Waals surface area contributed by atoms with Gasteiger partial charge >= 0.3 is 11.5 Å². The van der Waals surface area contributed by atoms with E-state index in [1.54, 1.807) is 0 Å². The Morgan fingerprint density at radius 2 is 2.15 bits per heavy atom. The van der Waals surface area contributed by atoms with Crippen molar-refractivity contribution in [3.8, 4) is 0 Å². The zero-order valence-electron chi connectivity index (χ0n) is 7.19. The van der Waals surface area contributed by atoms with Crippen LogP contribution in [0.4, 0.5) is 4.39 Å². The smallest absolute Gasteiger partial charge is 0.358 e. The molecule has 0 aromatic carbocycles. The SMILES string of the molecule is CCOC(=O)C(F)S(=O)(O)(O)NC. The Kier molecular flexibility index (Phi) is 3.50. The third-order valence-corrected chi connectivity index (χ3v) is 2.93. The van der Waals surface area contributed by atoms with Gasteiger partial charge < -0.3 is 4.74 Å². The lowest BCUT2D eigenvalue weighted by Gasteiger charge is -2.31. The van der Waals surface area contributed by atoms with Crippen LogP contribution >= 0.6 is 0 Å². The van der Waals surface area contributed by atoms with Gasteiger partial charge in [0.1, 0.15) is 0 Å². The molecule has 3 N–H and O–H groups in total. The number of hydrogen-bond donors (Lipinski definition) is 3. The molecule has 0 saturated heterocycles. The highest BCUT2D eigenvalue weighted by molar-refractivity contribution is 8.09. The summed E-state index contributed by atoms with van der Waals surface area (Å²) in [5, 5.41) is 0. The molecule has 0 rings (SSSR count). The summed E-state index contributed by atoms with van der Waals surface area (Å²) < 4.78 is 46.8. The first-order valence-electron chi connectivity index (χ1n) is 3.38. The predicted molar refractivity (Wildman–Crippen MR) is 44.0 cm³/mol. The fourth-order valence-electron chi connectivity index (χ4n) is 0.485. The summed E-state index contributed by atoms with van der Waals surface area (Å²) in [6.45, 7) is 1.25. The number of carbonyl (C=O) groups is 1. The maximum absolute atomic E-state index is 12.8. The van der Waals surface area contributed by atoms with E-state index < -0.39 is 21.3 Å². The largest absolute Gasteiger partial charge is 0.463 e. The fraction of sp³-hybridized carbons (Fsp3) is 0.800. The van der Waals surface area contributed by atoms with E-state index in [4.69, 9.17) is 9.11 Å². The van der Waals surface area contributed by atoms with Crippen LogP contribution in [-0.4, -0.2) is 38.4 Å². The van der Waals surface area contributed by atoms with Gasteiger partial charge in [0.2, 0.25) is 0 Å². The molecule has 0 amide bonds. The third kappa shape index (κ3) is 2.99. The van der Waals surface area contributed by atoms with Crippen LogP contribution in [0.15, 0.2) is 0 Å². The molecule has 0 fully saturated rings. The van der Waals surface area contributed by atoms with E-state index >= 15 is 0 Å². The molecular weight excluding hydrogens is 205 g/mol. The maximum Gasteiger partial charge on any atom is 0.358 e. The molecule has 0 aliphatic heterocycles. The van der Waals surface area contributed by atoms with Crippen LogP contribution < -0.4 is 4.72 Å². The lowest BCUT2D eigenvalue weighted by Crippen LogP contribution is -2.55. The van der Waals surface area contributed by atoms with Crippen LogP contribution in [0.3, 0.4) is 0 Å². The van der Waals surface area contributed by atoms with Crippen molar-refractivity contribution in [3.63, 3.8) is 0 Å². The second-order valence-electron chi connectivity index (χ2n) is 2.19.